The fourth-order valence-electron chi connectivity index (χ4n) is 3.47. The van der Waals surface area contributed by atoms with E-state index in [0.29, 0.717) is 17.2 Å². The summed E-state index contributed by atoms with van der Waals surface area (Å²) >= 11 is 0. The lowest BCUT2D eigenvalue weighted by Crippen LogP contribution is -2.42. The van der Waals surface area contributed by atoms with E-state index in [1.165, 1.54) is 4.57 Å². The lowest BCUT2D eigenvalue weighted by molar-refractivity contribution is -0.144. The summed E-state index contributed by atoms with van der Waals surface area (Å²) in [6.45, 7) is 0.149. The van der Waals surface area contributed by atoms with Crippen molar-refractivity contribution >= 4 is 33.0 Å². The van der Waals surface area contributed by atoms with E-state index in [1.807, 2.05) is 24.3 Å². The molecule has 0 unspecified atom stereocenters. The molecule has 0 aliphatic heterocycles. The van der Waals surface area contributed by atoms with Gasteiger partial charge in [-0.25, -0.2) is 14.2 Å². The Labute approximate surface area is 214 Å². The number of nitrogens with two attached hydrogens (primary N) is 1. The zero-order valence-electron chi connectivity index (χ0n) is 19.7. The lowest BCUT2D eigenvalue weighted by Gasteiger charge is -2.16. The Morgan fingerprint density at radius 3 is 2.30 bits per heavy atom. The van der Waals surface area contributed by atoms with Crippen LogP contribution in [0.15, 0.2) is 82.6 Å². The van der Waals surface area contributed by atoms with Crippen LogP contribution in [-0.2, 0) is 22.7 Å². The van der Waals surface area contributed by atoms with Crippen molar-refractivity contribution < 1.29 is 14.4 Å². The summed E-state index contributed by atoms with van der Waals surface area (Å²) in [5.41, 5.74) is 0.120. The lowest BCUT2D eigenvalue weighted by atomic mass is 10.2. The molecule has 0 bridgehead atoms. The van der Waals surface area contributed by atoms with Gasteiger partial charge in [0, 0.05) is 31.0 Å². The average molecular weight is 516 g/mol. The molecular formula is C25H23N6O5Si. The number of benzene rings is 2. The van der Waals surface area contributed by atoms with Crippen molar-refractivity contribution in [1.29, 1.82) is 0 Å². The zero-order valence-corrected chi connectivity index (χ0v) is 20.7. The molecule has 3 N–H and O–H groups in total. The van der Waals surface area contributed by atoms with Gasteiger partial charge in [-0.3, -0.25) is 14.3 Å². The van der Waals surface area contributed by atoms with E-state index in [4.69, 9.17) is 10.6 Å². The SMILES string of the molecule is NOC(=O)CCCn1c(=O)nc(Nc2ccc(Oc3ccncc3)cc2)n(Cc2ccc([Si])cc2)c1=O. The highest BCUT2D eigenvalue weighted by atomic mass is 28.1. The van der Waals surface area contributed by atoms with Crippen LogP contribution in [0.1, 0.15) is 18.4 Å². The molecule has 12 heteroatoms. The first-order valence-corrected chi connectivity index (χ1v) is 11.8. The number of hydrogen-bond donors (Lipinski definition) is 2. The molecule has 4 rings (SSSR count). The minimum Gasteiger partial charge on any atom is -0.457 e. The summed E-state index contributed by atoms with van der Waals surface area (Å²) in [6.07, 6.45) is 3.42. The molecule has 2 aromatic heterocycles. The van der Waals surface area contributed by atoms with Crippen LogP contribution in [0.3, 0.4) is 0 Å². The van der Waals surface area contributed by atoms with Crippen molar-refractivity contribution in [2.75, 3.05) is 5.32 Å². The largest absolute Gasteiger partial charge is 0.457 e. The van der Waals surface area contributed by atoms with E-state index in [1.54, 1.807) is 48.8 Å². The number of ether oxygens (including phenoxy) is 1. The van der Waals surface area contributed by atoms with Gasteiger partial charge >= 0.3 is 17.3 Å². The van der Waals surface area contributed by atoms with E-state index in [-0.39, 0.29) is 31.9 Å². The van der Waals surface area contributed by atoms with Gasteiger partial charge < -0.3 is 14.9 Å². The number of anilines is 2. The molecule has 187 valence electrons. The predicted molar refractivity (Wildman–Crippen MR) is 137 cm³/mol. The molecule has 0 fully saturated rings. The van der Waals surface area contributed by atoms with E-state index < -0.39 is 17.3 Å². The second-order valence-corrected chi connectivity index (χ2v) is 8.54. The van der Waals surface area contributed by atoms with Gasteiger partial charge in [0.05, 0.1) is 16.8 Å². The molecule has 4 aromatic rings. The maximum absolute atomic E-state index is 13.3. The maximum atomic E-state index is 13.3. The first-order chi connectivity index (χ1) is 17.9. The third-order valence-electron chi connectivity index (χ3n) is 5.33. The Bertz CT molecular complexity index is 1470. The van der Waals surface area contributed by atoms with Gasteiger partial charge in [-0.05, 0) is 48.4 Å². The van der Waals surface area contributed by atoms with Crippen molar-refractivity contribution in [3.05, 3.63) is 99.6 Å². The highest BCUT2D eigenvalue weighted by Gasteiger charge is 2.15. The number of pyridine rings is 1. The molecule has 11 nitrogen and oxygen atoms in total. The Hall–Kier alpha value is -4.55. The third kappa shape index (κ3) is 6.77. The van der Waals surface area contributed by atoms with E-state index in [9.17, 15) is 14.4 Å². The van der Waals surface area contributed by atoms with Crippen LogP contribution in [-0.4, -0.2) is 35.3 Å². The van der Waals surface area contributed by atoms with Crippen LogP contribution in [0.25, 0.3) is 0 Å². The monoisotopic (exact) mass is 515 g/mol. The summed E-state index contributed by atoms with van der Waals surface area (Å²) in [7, 11) is 3.45. The summed E-state index contributed by atoms with van der Waals surface area (Å²) in [6, 6.07) is 17.9. The van der Waals surface area contributed by atoms with E-state index in [0.717, 1.165) is 15.3 Å². The molecular weight excluding hydrogens is 492 g/mol. The van der Waals surface area contributed by atoms with Gasteiger partial charge in [0.15, 0.2) is 0 Å². The number of rotatable bonds is 10. The summed E-state index contributed by atoms with van der Waals surface area (Å²) in [5.74, 6) is 5.54. The minimum atomic E-state index is -0.738. The molecule has 0 aliphatic carbocycles. The van der Waals surface area contributed by atoms with E-state index >= 15 is 0 Å². The topological polar surface area (TPSA) is 143 Å². The Kier molecular flexibility index (Phi) is 8.23. The third-order valence-corrected chi connectivity index (χ3v) is 5.67. The van der Waals surface area contributed by atoms with Crippen molar-refractivity contribution in [3.63, 3.8) is 0 Å². The second kappa shape index (κ2) is 11.9. The molecule has 0 saturated heterocycles. The van der Waals surface area contributed by atoms with Crippen molar-refractivity contribution in [2.45, 2.75) is 25.9 Å². The van der Waals surface area contributed by atoms with E-state index in [2.05, 4.69) is 30.4 Å². The van der Waals surface area contributed by atoms with Gasteiger partial charge in [0.25, 0.3) is 0 Å². The van der Waals surface area contributed by atoms with Gasteiger partial charge in [-0.15, -0.1) is 0 Å². The number of carbonyl (C=O) groups excluding carboxylic acids is 1. The Morgan fingerprint density at radius 1 is 0.946 bits per heavy atom. The second-order valence-electron chi connectivity index (χ2n) is 7.96. The van der Waals surface area contributed by atoms with Gasteiger partial charge in [-0.1, -0.05) is 29.5 Å². The maximum Gasteiger partial charge on any atom is 0.354 e. The van der Waals surface area contributed by atoms with Crippen molar-refractivity contribution in [1.82, 2.24) is 19.1 Å². The Morgan fingerprint density at radius 2 is 1.62 bits per heavy atom. The first kappa shape index (κ1) is 25.5. The van der Waals surface area contributed by atoms with Crippen LogP contribution >= 0.6 is 0 Å². The Balaban J connectivity index is 1.61. The van der Waals surface area contributed by atoms with Crippen molar-refractivity contribution in [2.24, 2.45) is 5.90 Å². The van der Waals surface area contributed by atoms with Crippen LogP contribution in [0.2, 0.25) is 0 Å². The predicted octanol–water partition coefficient (Wildman–Crippen LogP) is 1.38. The number of carbonyl (C=O) groups is 1. The van der Waals surface area contributed by atoms with Crippen LogP contribution in [0.4, 0.5) is 11.6 Å². The molecule has 3 radical (unpaired) electrons. The van der Waals surface area contributed by atoms with Crippen LogP contribution < -0.4 is 32.5 Å². The molecule has 2 aromatic carbocycles. The highest BCUT2D eigenvalue weighted by Crippen LogP contribution is 2.23. The minimum absolute atomic E-state index is 0.0128. The van der Waals surface area contributed by atoms with Gasteiger partial charge in [-0.2, -0.15) is 10.9 Å². The summed E-state index contributed by atoms with van der Waals surface area (Å²) in [5, 5.41) is 3.95. The molecule has 37 heavy (non-hydrogen) atoms. The normalized spacial score (nSPS) is 10.6. The molecule has 0 aliphatic rings. The molecule has 0 atom stereocenters. The van der Waals surface area contributed by atoms with Crippen molar-refractivity contribution in [3.8, 4) is 11.5 Å². The fraction of sp³-hybridized carbons (Fsp3) is 0.160. The molecule has 2 heterocycles. The summed E-state index contributed by atoms with van der Waals surface area (Å²) in [4.78, 5) is 49.6. The first-order valence-electron chi connectivity index (χ1n) is 11.3. The zero-order chi connectivity index (χ0) is 26.2. The summed E-state index contributed by atoms with van der Waals surface area (Å²) < 4.78 is 8.13. The molecule has 0 spiro atoms. The number of aromatic nitrogens is 4. The van der Waals surface area contributed by atoms with Gasteiger partial charge in [0.1, 0.15) is 11.5 Å². The van der Waals surface area contributed by atoms with Crippen LogP contribution in [0.5, 0.6) is 11.5 Å². The smallest absolute Gasteiger partial charge is 0.354 e. The fourth-order valence-corrected chi connectivity index (χ4v) is 3.64. The number of nitrogens with one attached hydrogen (secondary N) is 1. The highest BCUT2D eigenvalue weighted by molar-refractivity contribution is 6.32. The molecule has 0 amide bonds. The average Bonchev–Trinajstić information content (AvgIpc) is 2.91. The van der Waals surface area contributed by atoms with Crippen LogP contribution in [0, 0.1) is 0 Å². The quantitative estimate of drug-likeness (QED) is 0.236. The van der Waals surface area contributed by atoms with Gasteiger partial charge in [0.2, 0.25) is 5.95 Å². The molecule has 0 saturated carbocycles. The standard InChI is InChI=1S/C25H23N6O5Si/c26-36-22(32)2-1-15-30-24(33)29-23(31(25(30)34)16-17-3-9-21(37)10-4-17)28-18-5-7-19(8-6-18)35-20-11-13-27-14-12-20/h3-14H,1-2,15-16,26H2,(H,28,29,33). The number of nitrogens with zero attached hydrogens (tertiary/aromatic N) is 4. The number of hydrogen-bond acceptors (Lipinski definition) is 9.